The van der Waals surface area contributed by atoms with Crippen LogP contribution in [0.1, 0.15) is 65.2 Å². The first-order valence-corrected chi connectivity index (χ1v) is 35.7. The SMILES string of the molecule is C#Cc1cccc(Nc2nc3cnc(Nc4ccc(N5CCN(C)CC5)cc4)nc3n2C(C)C)c1.CC(C)n1c(Nc2cccc(Br)c2)nc2cnc(Nc3ccc(N4CCN(C)CC4)cc3)nc21.CC(C)n1c(Nc2ccccc2)nc2cnc(Nc3ccc(N4CCN(C)CC4)cc3)nc21. The van der Waals surface area contributed by atoms with Crippen molar-refractivity contribution in [2.45, 2.75) is 59.7 Å². The minimum absolute atomic E-state index is 0.143. The first-order chi connectivity index (χ1) is 49.5. The Morgan fingerprint density at radius 1 is 0.353 bits per heavy atom. The van der Waals surface area contributed by atoms with Crippen LogP contribution in [-0.2, 0) is 0 Å². The quantitative estimate of drug-likeness (QED) is 0.0440. The number of nitrogens with one attached hydrogen (secondary N) is 6. The standard InChI is InChI=1S/C27H30N8.C25H29BrN8.C25H30N8/c1-5-20-7-6-8-22(17-20)30-27-31-24-18-28-26(32-25(24)35(27)19(2)3)29-21-9-11-23(12-10-21)34-15-13-33(4)14-16-34;1-17(2)34-23-22(30-25(34)29-20-6-4-5-18(26)15-20)16-27-24(31-23)28-19-7-9-21(10-8-19)33-13-11-32(3)12-14-33;1-18(2)33-23-22(29-25(33)28-19-7-5-4-6-8-19)17-26-24(30-23)27-20-9-11-21(12-10-20)32-15-13-31(3)14-16-32/h1,6-12,17-19H,13-16H2,2-4H3,(H,30,31)(H,28,29,32);4-10,15-17H,11-14H2,1-3H3,(H,29,30)(H,27,28,31);4-12,17-18H,13-16H2,1-3H3,(H,28,29)(H,26,27,30). The number of rotatable bonds is 18. The molecule has 15 rings (SSSR count). The summed E-state index contributed by atoms with van der Waals surface area (Å²) in [6.45, 7) is 25.6. The Kier molecular flexibility index (Phi) is 21.6. The maximum absolute atomic E-state index is 5.55. The molecular formula is C77H89BrN24. The lowest BCUT2D eigenvalue weighted by molar-refractivity contribution is 0.313. The smallest absolute Gasteiger partial charge is 0.229 e. The molecule has 12 aromatic rings. The zero-order chi connectivity index (χ0) is 70.8. The van der Waals surface area contributed by atoms with E-state index in [-0.39, 0.29) is 18.1 Å². The molecule has 0 unspecified atom stereocenters. The Bertz CT molecular complexity index is 4810. The number of halogens is 1. The molecule has 3 aliphatic heterocycles. The number of terminal acetylenes is 1. The molecule has 24 nitrogen and oxygen atoms in total. The van der Waals surface area contributed by atoms with Crippen LogP contribution in [0.15, 0.2) is 175 Å². The number of aromatic nitrogens is 12. The number of imidazole rings is 3. The van der Waals surface area contributed by atoms with Gasteiger partial charge in [0.1, 0.15) is 16.6 Å². The third kappa shape index (κ3) is 16.9. The third-order valence-corrected chi connectivity index (χ3v) is 18.7. The van der Waals surface area contributed by atoms with Gasteiger partial charge in [-0.05, 0) is 184 Å². The van der Waals surface area contributed by atoms with E-state index < -0.39 is 0 Å². The fraction of sp³-hybridized carbons (Fsp3) is 0.312. The molecule has 102 heavy (non-hydrogen) atoms. The molecule has 0 atom stereocenters. The maximum atomic E-state index is 5.55. The summed E-state index contributed by atoms with van der Waals surface area (Å²) in [7, 11) is 6.52. The average Bonchev–Trinajstić information content (AvgIpc) is 1.64. The molecule has 6 N–H and O–H groups in total. The number of para-hydroxylation sites is 1. The van der Waals surface area contributed by atoms with Crippen LogP contribution in [-0.4, -0.2) is 173 Å². The molecule has 6 aromatic heterocycles. The minimum Gasteiger partial charge on any atom is -0.369 e. The zero-order valence-electron chi connectivity index (χ0n) is 59.4. The van der Waals surface area contributed by atoms with Crippen molar-refractivity contribution < 1.29 is 0 Å². The molecule has 6 aromatic carbocycles. The van der Waals surface area contributed by atoms with Gasteiger partial charge in [-0.15, -0.1) is 6.42 Å². The number of piperazine rings is 3. The van der Waals surface area contributed by atoms with Crippen molar-refractivity contribution in [3.05, 3.63) is 180 Å². The van der Waals surface area contributed by atoms with Crippen LogP contribution < -0.4 is 46.6 Å². The molecule has 0 radical (unpaired) electrons. The highest BCUT2D eigenvalue weighted by Crippen LogP contribution is 2.33. The first kappa shape index (κ1) is 69.6. The molecule has 25 heteroatoms. The van der Waals surface area contributed by atoms with E-state index in [1.807, 2.05) is 78.9 Å². The second kappa shape index (κ2) is 31.7. The van der Waals surface area contributed by atoms with Gasteiger partial charge in [0.05, 0.1) is 18.6 Å². The van der Waals surface area contributed by atoms with Crippen LogP contribution in [0.25, 0.3) is 33.5 Å². The third-order valence-electron chi connectivity index (χ3n) is 18.2. The maximum Gasteiger partial charge on any atom is 0.229 e. The first-order valence-electron chi connectivity index (χ1n) is 34.9. The predicted octanol–water partition coefficient (Wildman–Crippen LogP) is 14.7. The fourth-order valence-electron chi connectivity index (χ4n) is 12.6. The van der Waals surface area contributed by atoms with Gasteiger partial charge in [-0.25, -0.2) is 29.9 Å². The van der Waals surface area contributed by atoms with Gasteiger partial charge in [0.15, 0.2) is 16.9 Å². The van der Waals surface area contributed by atoms with Crippen molar-refractivity contribution in [3.63, 3.8) is 0 Å². The number of anilines is 15. The van der Waals surface area contributed by atoms with Crippen molar-refractivity contribution in [1.29, 1.82) is 0 Å². The normalized spacial score (nSPS) is 14.6. The number of likely N-dealkylation sites (N-methyl/N-ethyl adjacent to an activating group) is 3. The summed E-state index contributed by atoms with van der Waals surface area (Å²) in [5.74, 6) is 6.51. The van der Waals surface area contributed by atoms with Crippen LogP contribution in [0.4, 0.5) is 86.9 Å². The topological polar surface area (TPSA) is 222 Å². The van der Waals surface area contributed by atoms with Gasteiger partial charge in [0.2, 0.25) is 35.7 Å². The molecule has 3 saturated heterocycles. The molecule has 0 spiro atoms. The number of nitrogens with zero attached hydrogens (tertiary/aromatic N) is 18. The molecule has 3 fully saturated rings. The lowest BCUT2D eigenvalue weighted by Gasteiger charge is -2.34. The monoisotopic (exact) mass is 1430 g/mol. The fourth-order valence-corrected chi connectivity index (χ4v) is 13.0. The molecule has 524 valence electrons. The van der Waals surface area contributed by atoms with Crippen molar-refractivity contribution >= 4 is 136 Å². The molecule has 0 bridgehead atoms. The summed E-state index contributed by atoms with van der Waals surface area (Å²) in [4.78, 5) is 56.5. The van der Waals surface area contributed by atoms with E-state index in [4.69, 9.17) is 36.3 Å². The number of hydrogen-bond donors (Lipinski definition) is 6. The number of benzene rings is 6. The highest BCUT2D eigenvalue weighted by Gasteiger charge is 2.23. The van der Waals surface area contributed by atoms with Crippen LogP contribution in [0.2, 0.25) is 0 Å². The summed E-state index contributed by atoms with van der Waals surface area (Å²) in [6, 6.07) is 51.7. The number of fused-ring (bicyclic) bond motifs is 3. The Morgan fingerprint density at radius 2 is 0.667 bits per heavy atom. The van der Waals surface area contributed by atoms with Gasteiger partial charge in [-0.1, -0.05) is 52.2 Å². The molecule has 0 amide bonds. The summed E-state index contributed by atoms with van der Waals surface area (Å²) >= 11 is 3.53. The summed E-state index contributed by atoms with van der Waals surface area (Å²) in [5.41, 5.74) is 14.8. The Labute approximate surface area is 604 Å². The highest BCUT2D eigenvalue weighted by molar-refractivity contribution is 9.10. The molecule has 9 heterocycles. The van der Waals surface area contributed by atoms with Gasteiger partial charge in [0, 0.05) is 158 Å². The summed E-state index contributed by atoms with van der Waals surface area (Å²) < 4.78 is 7.28. The lowest BCUT2D eigenvalue weighted by atomic mass is 10.2. The minimum atomic E-state index is 0.143. The summed E-state index contributed by atoms with van der Waals surface area (Å²) in [6.07, 6.45) is 10.9. The van der Waals surface area contributed by atoms with Gasteiger partial charge in [0.25, 0.3) is 0 Å². The van der Waals surface area contributed by atoms with E-state index in [2.05, 4.69) is 247 Å². The van der Waals surface area contributed by atoms with Gasteiger partial charge < -0.3 is 61.3 Å². The van der Waals surface area contributed by atoms with E-state index >= 15 is 0 Å². The van der Waals surface area contributed by atoms with Crippen molar-refractivity contribution in [1.82, 2.24) is 73.3 Å². The van der Waals surface area contributed by atoms with E-state index in [0.29, 0.717) is 23.8 Å². The Hall–Kier alpha value is -10.9. The van der Waals surface area contributed by atoms with Crippen molar-refractivity contribution in [2.24, 2.45) is 0 Å². The molecular weight excluding hydrogens is 1340 g/mol. The largest absolute Gasteiger partial charge is 0.369 e. The average molecular weight is 1430 g/mol. The van der Waals surface area contributed by atoms with Crippen molar-refractivity contribution in [3.8, 4) is 12.3 Å². The predicted molar refractivity (Wildman–Crippen MR) is 420 cm³/mol. The van der Waals surface area contributed by atoms with Crippen molar-refractivity contribution in [2.75, 3.05) is 146 Å². The van der Waals surface area contributed by atoms with E-state index in [1.165, 1.54) is 17.1 Å². The van der Waals surface area contributed by atoms with Gasteiger partial charge in [-0.3, -0.25) is 13.7 Å². The van der Waals surface area contributed by atoms with Gasteiger partial charge in [-0.2, -0.15) is 15.0 Å². The van der Waals surface area contributed by atoms with E-state index in [9.17, 15) is 0 Å². The Morgan fingerprint density at radius 3 is 1.00 bits per heavy atom. The second-order valence-corrected chi connectivity index (χ2v) is 27.7. The van der Waals surface area contributed by atoms with Crippen LogP contribution in [0.3, 0.4) is 0 Å². The zero-order valence-corrected chi connectivity index (χ0v) is 61.0. The second-order valence-electron chi connectivity index (χ2n) is 26.8. The van der Waals surface area contributed by atoms with E-state index in [1.54, 1.807) is 18.6 Å². The van der Waals surface area contributed by atoms with Crippen LogP contribution >= 0.6 is 15.9 Å². The Balaban J connectivity index is 0.000000137. The molecule has 0 aliphatic carbocycles. The van der Waals surface area contributed by atoms with Crippen LogP contribution in [0.5, 0.6) is 0 Å². The van der Waals surface area contributed by atoms with E-state index in [0.717, 1.165) is 168 Å². The molecule has 3 aliphatic rings. The highest BCUT2D eigenvalue weighted by atomic mass is 79.9. The lowest BCUT2D eigenvalue weighted by Crippen LogP contribution is -2.44. The number of hydrogen-bond acceptors (Lipinski definition) is 21. The summed E-state index contributed by atoms with van der Waals surface area (Å²) in [5, 5.41) is 20.3. The van der Waals surface area contributed by atoms with Crippen LogP contribution in [0, 0.1) is 12.3 Å². The van der Waals surface area contributed by atoms with Gasteiger partial charge >= 0.3 is 0 Å². The molecule has 0 saturated carbocycles.